The number of allylic oxidation sites excluding steroid dienone is 2. The molecule has 0 saturated heterocycles. The summed E-state index contributed by atoms with van der Waals surface area (Å²) in [4.78, 5) is 4.90. The van der Waals surface area contributed by atoms with Gasteiger partial charge in [0.1, 0.15) is 5.82 Å². The zero-order valence-corrected chi connectivity index (χ0v) is 15.5. The first-order chi connectivity index (χ1) is 12.0. The van der Waals surface area contributed by atoms with Gasteiger partial charge in [0.2, 0.25) is 0 Å². The Bertz CT molecular complexity index is 958. The number of benzene rings is 1. The van der Waals surface area contributed by atoms with Crippen molar-refractivity contribution in [3.05, 3.63) is 53.2 Å². The molecule has 4 nitrogen and oxygen atoms in total. The Kier molecular flexibility index (Phi) is 3.89. The molecule has 0 radical (unpaired) electrons. The Labute approximate surface area is 152 Å². The molecule has 1 spiro atoms. The fourth-order valence-corrected chi connectivity index (χ4v) is 5.04. The zero-order chi connectivity index (χ0) is 17.7. The van der Waals surface area contributed by atoms with E-state index in [9.17, 15) is 8.42 Å². The summed E-state index contributed by atoms with van der Waals surface area (Å²) < 4.78 is 24.0. The fraction of sp³-hybridized carbons (Fsp3) is 0.316. The number of fused-ring (bicyclic) bond motifs is 2. The predicted octanol–water partition coefficient (Wildman–Crippen LogP) is 4.21. The third-order valence-electron chi connectivity index (χ3n) is 5.23. The lowest BCUT2D eigenvalue weighted by molar-refractivity contribution is 0.509. The van der Waals surface area contributed by atoms with E-state index < -0.39 is 9.84 Å². The molecular formula is C19H19ClN2O2S. The van der Waals surface area contributed by atoms with Gasteiger partial charge in [0, 0.05) is 29.3 Å². The van der Waals surface area contributed by atoms with Crippen LogP contribution in [0, 0.1) is 0 Å². The molecule has 1 aliphatic heterocycles. The molecule has 2 aromatic rings. The van der Waals surface area contributed by atoms with E-state index in [1.807, 2.05) is 0 Å². The molecule has 130 valence electrons. The maximum Gasteiger partial charge on any atom is 0.178 e. The minimum Gasteiger partial charge on any atom is -0.369 e. The average Bonchev–Trinajstić information content (AvgIpc) is 3.24. The van der Waals surface area contributed by atoms with Gasteiger partial charge >= 0.3 is 0 Å². The van der Waals surface area contributed by atoms with Gasteiger partial charge in [0.15, 0.2) is 9.84 Å². The van der Waals surface area contributed by atoms with Gasteiger partial charge in [-0.2, -0.15) is 0 Å². The zero-order valence-electron chi connectivity index (χ0n) is 13.9. The number of hydrogen-bond acceptors (Lipinski definition) is 4. The molecule has 2 heterocycles. The van der Waals surface area contributed by atoms with E-state index in [-0.39, 0.29) is 11.2 Å². The summed E-state index contributed by atoms with van der Waals surface area (Å²) in [5, 5.41) is 4.09. The topological polar surface area (TPSA) is 59.1 Å². The quantitative estimate of drug-likeness (QED) is 0.817. The third kappa shape index (κ3) is 2.57. The normalized spacial score (nSPS) is 17.7. The van der Waals surface area contributed by atoms with Crippen LogP contribution < -0.4 is 5.32 Å². The number of pyridine rings is 1. The largest absolute Gasteiger partial charge is 0.369 e. The van der Waals surface area contributed by atoms with Crippen LogP contribution in [0.3, 0.4) is 0 Å². The van der Waals surface area contributed by atoms with E-state index in [0.717, 1.165) is 41.9 Å². The molecule has 0 unspecified atom stereocenters. The number of aromatic nitrogens is 1. The number of sulfone groups is 1. The highest BCUT2D eigenvalue weighted by molar-refractivity contribution is 7.91. The highest BCUT2D eigenvalue weighted by Gasteiger charge is 2.42. The molecule has 6 heteroatoms. The molecule has 4 rings (SSSR count). The minimum absolute atomic E-state index is 0.000910. The SMILES string of the molecule is CCS(=O)(=O)c1ccc(-c2cnc3c(c2Cl)C2(CC=CC2)CN3)cc1. The third-order valence-corrected chi connectivity index (χ3v) is 7.37. The number of nitrogens with one attached hydrogen (secondary N) is 1. The number of halogens is 1. The van der Waals surface area contributed by atoms with Crippen LogP contribution in [0.2, 0.25) is 5.02 Å². The Morgan fingerprint density at radius 1 is 1.20 bits per heavy atom. The maximum absolute atomic E-state index is 12.0. The van der Waals surface area contributed by atoms with Gasteiger partial charge in [-0.15, -0.1) is 0 Å². The average molecular weight is 375 g/mol. The summed E-state index contributed by atoms with van der Waals surface area (Å²) in [6.07, 6.45) is 8.09. The molecule has 1 N–H and O–H groups in total. The van der Waals surface area contributed by atoms with Crippen molar-refractivity contribution in [3.8, 4) is 11.1 Å². The highest BCUT2D eigenvalue weighted by Crippen LogP contribution is 2.49. The van der Waals surface area contributed by atoms with Gasteiger partial charge in [0.25, 0.3) is 0 Å². The molecule has 1 aromatic carbocycles. The van der Waals surface area contributed by atoms with Crippen LogP contribution in [-0.4, -0.2) is 25.7 Å². The van der Waals surface area contributed by atoms with Crippen LogP contribution in [0.25, 0.3) is 11.1 Å². The van der Waals surface area contributed by atoms with Gasteiger partial charge in [-0.1, -0.05) is 42.8 Å². The van der Waals surface area contributed by atoms with Crippen LogP contribution in [0.4, 0.5) is 5.82 Å². The van der Waals surface area contributed by atoms with Crippen molar-refractivity contribution in [2.24, 2.45) is 0 Å². The van der Waals surface area contributed by atoms with E-state index in [0.29, 0.717) is 9.92 Å². The molecule has 25 heavy (non-hydrogen) atoms. The first kappa shape index (κ1) is 16.6. The van der Waals surface area contributed by atoms with Gasteiger partial charge < -0.3 is 5.32 Å². The maximum atomic E-state index is 12.0. The van der Waals surface area contributed by atoms with Gasteiger partial charge in [-0.05, 0) is 30.5 Å². The summed E-state index contributed by atoms with van der Waals surface area (Å²) in [5.41, 5.74) is 2.81. The van der Waals surface area contributed by atoms with Crippen molar-refractivity contribution < 1.29 is 8.42 Å². The molecule has 0 saturated carbocycles. The summed E-state index contributed by atoms with van der Waals surface area (Å²) in [7, 11) is -3.20. The lowest BCUT2D eigenvalue weighted by atomic mass is 9.80. The molecule has 1 aromatic heterocycles. The van der Waals surface area contributed by atoms with Gasteiger partial charge in [-0.3, -0.25) is 0 Å². The Hall–Kier alpha value is -1.85. The number of nitrogens with zero attached hydrogens (tertiary/aromatic N) is 1. The highest BCUT2D eigenvalue weighted by atomic mass is 35.5. The van der Waals surface area contributed by atoms with Crippen LogP contribution in [0.15, 0.2) is 47.5 Å². The smallest absolute Gasteiger partial charge is 0.178 e. The van der Waals surface area contributed by atoms with E-state index in [1.165, 1.54) is 0 Å². The second-order valence-electron chi connectivity index (χ2n) is 6.65. The van der Waals surface area contributed by atoms with Gasteiger partial charge in [-0.25, -0.2) is 13.4 Å². The van der Waals surface area contributed by atoms with E-state index in [2.05, 4.69) is 22.5 Å². The van der Waals surface area contributed by atoms with Crippen molar-refractivity contribution >= 4 is 27.3 Å². The van der Waals surface area contributed by atoms with Gasteiger partial charge in [0.05, 0.1) is 15.7 Å². The summed E-state index contributed by atoms with van der Waals surface area (Å²) in [6.45, 7) is 2.49. The Morgan fingerprint density at radius 3 is 2.52 bits per heavy atom. The number of anilines is 1. The molecule has 2 aliphatic rings. The predicted molar refractivity (Wildman–Crippen MR) is 101 cm³/mol. The molecule has 1 aliphatic carbocycles. The Morgan fingerprint density at radius 2 is 1.88 bits per heavy atom. The van der Waals surface area contributed by atoms with Crippen molar-refractivity contribution in [2.45, 2.75) is 30.1 Å². The molecule has 0 amide bonds. The molecular weight excluding hydrogens is 356 g/mol. The number of hydrogen-bond donors (Lipinski definition) is 1. The lowest BCUT2D eigenvalue weighted by Crippen LogP contribution is -2.25. The molecule has 0 bridgehead atoms. The lowest BCUT2D eigenvalue weighted by Gasteiger charge is -2.24. The summed E-state index contributed by atoms with van der Waals surface area (Å²) in [5.74, 6) is 0.956. The van der Waals surface area contributed by atoms with Crippen molar-refractivity contribution in [1.29, 1.82) is 0 Å². The standard InChI is InChI=1S/C19H19ClN2O2S/c1-2-25(23,24)14-7-5-13(6-8-14)15-11-21-18-16(17(15)20)19(12-22-18)9-3-4-10-19/h3-8,11H,2,9-10,12H2,1H3,(H,21,22). The van der Waals surface area contributed by atoms with Crippen LogP contribution in [0.5, 0.6) is 0 Å². The van der Waals surface area contributed by atoms with Crippen LogP contribution >= 0.6 is 11.6 Å². The monoisotopic (exact) mass is 374 g/mol. The first-order valence-corrected chi connectivity index (χ1v) is 10.4. The van der Waals surface area contributed by atoms with Crippen LogP contribution in [-0.2, 0) is 15.3 Å². The summed E-state index contributed by atoms with van der Waals surface area (Å²) in [6, 6.07) is 6.89. The minimum atomic E-state index is -3.20. The van der Waals surface area contributed by atoms with E-state index in [4.69, 9.17) is 11.6 Å². The molecule has 0 fully saturated rings. The van der Waals surface area contributed by atoms with Crippen LogP contribution in [0.1, 0.15) is 25.3 Å². The fourth-order valence-electron chi connectivity index (χ4n) is 3.71. The first-order valence-electron chi connectivity index (χ1n) is 8.38. The van der Waals surface area contributed by atoms with E-state index >= 15 is 0 Å². The van der Waals surface area contributed by atoms with E-state index in [1.54, 1.807) is 37.4 Å². The second-order valence-corrected chi connectivity index (χ2v) is 9.31. The Balaban J connectivity index is 1.78. The van der Waals surface area contributed by atoms with Crippen molar-refractivity contribution in [1.82, 2.24) is 4.98 Å². The van der Waals surface area contributed by atoms with Crippen molar-refractivity contribution in [2.75, 3.05) is 17.6 Å². The summed E-state index contributed by atoms with van der Waals surface area (Å²) >= 11 is 6.79. The second kappa shape index (κ2) is 5.85. The number of rotatable bonds is 3. The van der Waals surface area contributed by atoms with Crippen molar-refractivity contribution in [3.63, 3.8) is 0 Å². The molecule has 0 atom stereocenters.